The number of rotatable bonds is 3. The van der Waals surface area contributed by atoms with Crippen LogP contribution in [-0.2, 0) is 0 Å². The summed E-state index contributed by atoms with van der Waals surface area (Å²) in [6.07, 6.45) is 4.75. The first kappa shape index (κ1) is 11.4. The molecule has 0 radical (unpaired) electrons. The highest BCUT2D eigenvalue weighted by molar-refractivity contribution is 4.91. The number of β-amino-alcohol motifs (C(OH)–C–C–N with tert-alkyl or cyclic N) is 1. The topological polar surface area (TPSA) is 35.5 Å². The number of fused-ring (bicyclic) bond motifs is 2. The van der Waals surface area contributed by atoms with Crippen LogP contribution in [0.1, 0.15) is 39.5 Å². The van der Waals surface area contributed by atoms with Gasteiger partial charge in [0.15, 0.2) is 0 Å². The quantitative estimate of drug-likeness (QED) is 0.732. The van der Waals surface area contributed by atoms with Crippen LogP contribution in [0.15, 0.2) is 0 Å². The van der Waals surface area contributed by atoms with Gasteiger partial charge in [0.05, 0.1) is 5.60 Å². The molecule has 3 nitrogen and oxygen atoms in total. The Balaban J connectivity index is 1.88. The summed E-state index contributed by atoms with van der Waals surface area (Å²) in [5.74, 6) is 0. The molecule has 15 heavy (non-hydrogen) atoms. The molecule has 3 atom stereocenters. The Hall–Kier alpha value is -0.120. The third-order valence-corrected chi connectivity index (χ3v) is 3.93. The Labute approximate surface area is 92.8 Å². The fourth-order valence-electron chi connectivity index (χ4n) is 2.75. The summed E-state index contributed by atoms with van der Waals surface area (Å²) >= 11 is 0. The maximum absolute atomic E-state index is 10.1. The van der Waals surface area contributed by atoms with Gasteiger partial charge in [-0.15, -0.1) is 0 Å². The van der Waals surface area contributed by atoms with E-state index in [1.54, 1.807) is 0 Å². The second-order valence-corrected chi connectivity index (χ2v) is 5.51. The third-order valence-electron chi connectivity index (χ3n) is 3.93. The van der Waals surface area contributed by atoms with Crippen LogP contribution in [0.4, 0.5) is 0 Å². The molecule has 2 fully saturated rings. The van der Waals surface area contributed by atoms with E-state index in [2.05, 4.69) is 17.1 Å². The fraction of sp³-hybridized carbons (Fsp3) is 1.00. The van der Waals surface area contributed by atoms with Crippen LogP contribution in [0.5, 0.6) is 0 Å². The smallest absolute Gasteiger partial charge is 0.0743 e. The lowest BCUT2D eigenvalue weighted by molar-refractivity contribution is 0.0153. The molecule has 0 aromatic heterocycles. The van der Waals surface area contributed by atoms with Gasteiger partial charge in [-0.25, -0.2) is 0 Å². The zero-order valence-electron chi connectivity index (χ0n) is 10.00. The predicted octanol–water partition coefficient (Wildman–Crippen LogP) is 0.974. The molecule has 2 aliphatic rings. The van der Waals surface area contributed by atoms with Crippen molar-refractivity contribution in [1.82, 2.24) is 10.2 Å². The summed E-state index contributed by atoms with van der Waals surface area (Å²) in [5.41, 5.74) is -0.510. The summed E-state index contributed by atoms with van der Waals surface area (Å²) in [5, 5.41) is 13.7. The van der Waals surface area contributed by atoms with E-state index in [1.165, 1.54) is 19.3 Å². The Morgan fingerprint density at radius 3 is 2.80 bits per heavy atom. The lowest BCUT2D eigenvalue weighted by Gasteiger charge is -2.31. The van der Waals surface area contributed by atoms with Crippen LogP contribution >= 0.6 is 0 Å². The first-order valence-electron chi connectivity index (χ1n) is 6.30. The minimum atomic E-state index is -0.510. The minimum Gasteiger partial charge on any atom is -0.389 e. The highest BCUT2D eigenvalue weighted by atomic mass is 16.3. The molecule has 0 spiro atoms. The molecule has 2 aliphatic heterocycles. The molecular weight excluding hydrogens is 188 g/mol. The second kappa shape index (κ2) is 4.40. The number of nitrogens with one attached hydrogen (secondary N) is 1. The summed E-state index contributed by atoms with van der Waals surface area (Å²) in [4.78, 5) is 2.43. The molecule has 2 N–H and O–H groups in total. The largest absolute Gasteiger partial charge is 0.389 e. The van der Waals surface area contributed by atoms with Crippen molar-refractivity contribution in [3.8, 4) is 0 Å². The Morgan fingerprint density at radius 2 is 2.07 bits per heavy atom. The van der Waals surface area contributed by atoms with Gasteiger partial charge < -0.3 is 10.4 Å². The zero-order valence-corrected chi connectivity index (χ0v) is 10.00. The third kappa shape index (κ3) is 2.92. The highest BCUT2D eigenvalue weighted by Crippen LogP contribution is 2.22. The van der Waals surface area contributed by atoms with Gasteiger partial charge >= 0.3 is 0 Å². The average Bonchev–Trinajstić information content (AvgIpc) is 2.51. The minimum absolute atomic E-state index is 0.510. The molecule has 0 aliphatic carbocycles. The molecule has 0 amide bonds. The predicted molar refractivity (Wildman–Crippen MR) is 61.9 cm³/mol. The molecule has 2 saturated heterocycles. The summed E-state index contributed by atoms with van der Waals surface area (Å²) in [6, 6.07) is 1.41. The number of aliphatic hydroxyl groups is 1. The van der Waals surface area contributed by atoms with Crippen molar-refractivity contribution in [2.45, 2.75) is 57.2 Å². The average molecular weight is 212 g/mol. The van der Waals surface area contributed by atoms with Crippen LogP contribution in [0.25, 0.3) is 0 Å². The van der Waals surface area contributed by atoms with Crippen LogP contribution in [-0.4, -0.2) is 47.3 Å². The van der Waals surface area contributed by atoms with Gasteiger partial charge in [-0.1, -0.05) is 6.92 Å². The Kier molecular flexibility index (Phi) is 3.33. The van der Waals surface area contributed by atoms with Crippen molar-refractivity contribution in [2.75, 3.05) is 19.6 Å². The number of likely N-dealkylation sites (tertiary alicyclic amines) is 1. The SMILES string of the molecule is CCC(C)(O)CN1CCC2CCC(C1)N2. The molecular formula is C12H24N2O. The van der Waals surface area contributed by atoms with Crippen molar-refractivity contribution in [3.63, 3.8) is 0 Å². The van der Waals surface area contributed by atoms with E-state index in [4.69, 9.17) is 0 Å². The van der Waals surface area contributed by atoms with Crippen LogP contribution < -0.4 is 5.32 Å². The molecule has 3 heteroatoms. The van der Waals surface area contributed by atoms with E-state index in [9.17, 15) is 5.11 Å². The number of nitrogens with zero attached hydrogens (tertiary/aromatic N) is 1. The maximum atomic E-state index is 10.1. The van der Waals surface area contributed by atoms with Gasteiger partial charge in [-0.3, -0.25) is 4.90 Å². The molecule has 88 valence electrons. The molecule has 0 saturated carbocycles. The Morgan fingerprint density at radius 1 is 1.33 bits per heavy atom. The lowest BCUT2D eigenvalue weighted by atomic mass is 10.0. The second-order valence-electron chi connectivity index (χ2n) is 5.51. The van der Waals surface area contributed by atoms with Crippen molar-refractivity contribution in [1.29, 1.82) is 0 Å². The monoisotopic (exact) mass is 212 g/mol. The van der Waals surface area contributed by atoms with E-state index >= 15 is 0 Å². The van der Waals surface area contributed by atoms with Gasteiger partial charge in [0, 0.05) is 25.2 Å². The molecule has 3 unspecified atom stereocenters. The van der Waals surface area contributed by atoms with Gasteiger partial charge in [-0.05, 0) is 39.2 Å². The van der Waals surface area contributed by atoms with E-state index in [1.807, 2.05) is 6.92 Å². The summed E-state index contributed by atoms with van der Waals surface area (Å²) < 4.78 is 0. The van der Waals surface area contributed by atoms with Gasteiger partial charge in [-0.2, -0.15) is 0 Å². The first-order valence-corrected chi connectivity index (χ1v) is 6.30. The lowest BCUT2D eigenvalue weighted by Crippen LogP contribution is -2.44. The normalized spacial score (nSPS) is 36.2. The summed E-state index contributed by atoms with van der Waals surface area (Å²) in [7, 11) is 0. The van der Waals surface area contributed by atoms with Gasteiger partial charge in [0.2, 0.25) is 0 Å². The maximum Gasteiger partial charge on any atom is 0.0743 e. The zero-order chi connectivity index (χ0) is 10.9. The summed E-state index contributed by atoms with van der Waals surface area (Å²) in [6.45, 7) is 7.09. The molecule has 2 rings (SSSR count). The van der Waals surface area contributed by atoms with E-state index in [0.717, 1.165) is 32.1 Å². The number of hydrogen-bond acceptors (Lipinski definition) is 3. The van der Waals surface area contributed by atoms with E-state index in [-0.39, 0.29) is 0 Å². The molecule has 2 heterocycles. The van der Waals surface area contributed by atoms with Crippen molar-refractivity contribution in [2.24, 2.45) is 0 Å². The van der Waals surface area contributed by atoms with Crippen LogP contribution in [0.3, 0.4) is 0 Å². The molecule has 0 aromatic rings. The standard InChI is InChI=1S/C12H24N2O/c1-3-12(2,15)9-14-7-6-10-4-5-11(8-14)13-10/h10-11,13,15H,3-9H2,1-2H3. The van der Waals surface area contributed by atoms with Crippen LogP contribution in [0, 0.1) is 0 Å². The van der Waals surface area contributed by atoms with E-state index in [0.29, 0.717) is 6.04 Å². The van der Waals surface area contributed by atoms with Crippen molar-refractivity contribution >= 4 is 0 Å². The first-order chi connectivity index (χ1) is 7.09. The highest BCUT2D eigenvalue weighted by Gasteiger charge is 2.31. The van der Waals surface area contributed by atoms with Gasteiger partial charge in [0.25, 0.3) is 0 Å². The van der Waals surface area contributed by atoms with E-state index < -0.39 is 5.60 Å². The van der Waals surface area contributed by atoms with Gasteiger partial charge in [0.1, 0.15) is 0 Å². The molecule has 2 bridgehead atoms. The van der Waals surface area contributed by atoms with Crippen molar-refractivity contribution in [3.05, 3.63) is 0 Å². The van der Waals surface area contributed by atoms with Crippen LogP contribution in [0.2, 0.25) is 0 Å². The van der Waals surface area contributed by atoms with Crippen molar-refractivity contribution < 1.29 is 5.11 Å². The fourth-order valence-corrected chi connectivity index (χ4v) is 2.75. The number of hydrogen-bond donors (Lipinski definition) is 2. The molecule has 0 aromatic carbocycles. The Bertz CT molecular complexity index is 218.